The number of rotatable bonds is 7. The fourth-order valence-corrected chi connectivity index (χ4v) is 3.69. The van der Waals surface area contributed by atoms with Crippen LogP contribution in [0.4, 0.5) is 14.6 Å². The molecule has 2 aromatic carbocycles. The molecule has 180 valence electrons. The summed E-state index contributed by atoms with van der Waals surface area (Å²) >= 11 is 0. The molecule has 0 aliphatic rings. The van der Waals surface area contributed by atoms with Gasteiger partial charge in [0.05, 0.1) is 24.4 Å². The molecule has 4 N–H and O–H groups in total. The van der Waals surface area contributed by atoms with E-state index in [0.717, 1.165) is 11.1 Å². The summed E-state index contributed by atoms with van der Waals surface area (Å²) in [7, 11) is 0. The SMILES string of the molecule is CC(C)n1cc(-c2cnc(N)c(-c3ccc(C(=O)NC(CO)c4cccc(F)c4)c(F)c3)c2)cn1. The average Bonchev–Trinajstić information content (AvgIpc) is 3.33. The van der Waals surface area contributed by atoms with E-state index in [9.17, 15) is 18.7 Å². The van der Waals surface area contributed by atoms with Gasteiger partial charge in [0.15, 0.2) is 0 Å². The van der Waals surface area contributed by atoms with Crippen molar-refractivity contribution in [3.8, 4) is 22.3 Å². The van der Waals surface area contributed by atoms with Crippen LogP contribution in [0.5, 0.6) is 0 Å². The van der Waals surface area contributed by atoms with E-state index >= 15 is 0 Å². The third-order valence-corrected chi connectivity index (χ3v) is 5.65. The lowest BCUT2D eigenvalue weighted by atomic mass is 10.0. The van der Waals surface area contributed by atoms with Crippen molar-refractivity contribution in [1.82, 2.24) is 20.1 Å². The number of nitrogen functional groups attached to an aromatic ring is 1. The van der Waals surface area contributed by atoms with E-state index in [1.807, 2.05) is 24.7 Å². The first-order valence-electron chi connectivity index (χ1n) is 11.0. The summed E-state index contributed by atoms with van der Waals surface area (Å²) < 4.78 is 30.3. The van der Waals surface area contributed by atoms with E-state index in [-0.39, 0.29) is 17.4 Å². The van der Waals surface area contributed by atoms with Crippen molar-refractivity contribution in [1.29, 1.82) is 0 Å². The van der Waals surface area contributed by atoms with Crippen LogP contribution >= 0.6 is 0 Å². The van der Waals surface area contributed by atoms with E-state index < -0.39 is 30.2 Å². The predicted octanol–water partition coefficient (Wildman–Crippen LogP) is 4.52. The minimum atomic E-state index is -0.888. The van der Waals surface area contributed by atoms with Gasteiger partial charge in [-0.2, -0.15) is 5.10 Å². The number of carbonyl (C=O) groups excluding carboxylic acids is 1. The molecule has 0 aliphatic carbocycles. The Kier molecular flexibility index (Phi) is 6.88. The van der Waals surface area contributed by atoms with Crippen LogP contribution in [0, 0.1) is 11.6 Å². The van der Waals surface area contributed by atoms with Gasteiger partial charge < -0.3 is 16.2 Å². The molecule has 35 heavy (non-hydrogen) atoms. The minimum absolute atomic E-state index is 0.198. The molecule has 2 aromatic heterocycles. The number of aliphatic hydroxyl groups is 1. The molecule has 0 aliphatic heterocycles. The van der Waals surface area contributed by atoms with Crippen molar-refractivity contribution in [2.75, 3.05) is 12.3 Å². The smallest absolute Gasteiger partial charge is 0.254 e. The minimum Gasteiger partial charge on any atom is -0.394 e. The highest BCUT2D eigenvalue weighted by molar-refractivity contribution is 5.95. The summed E-state index contributed by atoms with van der Waals surface area (Å²) in [5, 5.41) is 16.5. The van der Waals surface area contributed by atoms with Crippen LogP contribution in [-0.4, -0.2) is 32.4 Å². The Balaban J connectivity index is 1.59. The van der Waals surface area contributed by atoms with Crippen LogP contribution < -0.4 is 11.1 Å². The van der Waals surface area contributed by atoms with E-state index in [4.69, 9.17) is 5.73 Å². The Hall–Kier alpha value is -4.11. The van der Waals surface area contributed by atoms with Crippen molar-refractivity contribution < 1.29 is 18.7 Å². The summed E-state index contributed by atoms with van der Waals surface area (Å²) in [6.07, 6.45) is 5.24. The quantitative estimate of drug-likeness (QED) is 0.363. The van der Waals surface area contributed by atoms with Crippen LogP contribution in [0.15, 0.2) is 67.1 Å². The highest BCUT2D eigenvalue weighted by Gasteiger charge is 2.19. The van der Waals surface area contributed by atoms with Crippen LogP contribution in [0.1, 0.15) is 41.9 Å². The number of nitrogens with two attached hydrogens (primary N) is 1. The molecule has 0 saturated carbocycles. The molecule has 0 bridgehead atoms. The highest BCUT2D eigenvalue weighted by Crippen LogP contribution is 2.31. The second-order valence-corrected chi connectivity index (χ2v) is 8.42. The second kappa shape index (κ2) is 10.0. The van der Waals surface area contributed by atoms with Gasteiger partial charge >= 0.3 is 0 Å². The zero-order valence-electron chi connectivity index (χ0n) is 19.2. The molecule has 1 atom stereocenters. The lowest BCUT2D eigenvalue weighted by Gasteiger charge is -2.17. The maximum Gasteiger partial charge on any atom is 0.254 e. The number of aromatic nitrogens is 3. The van der Waals surface area contributed by atoms with Gasteiger partial charge in [-0.15, -0.1) is 0 Å². The molecule has 7 nitrogen and oxygen atoms in total. The number of halogens is 2. The molecular weight excluding hydrogens is 452 g/mol. The standard InChI is InChI=1S/C26H25F2N5O2/c1-15(2)33-13-19(12-31-33)18-9-22(25(29)30-11-18)16-6-7-21(23(28)10-16)26(35)32-24(14-34)17-4-3-5-20(27)8-17/h3-13,15,24,34H,14H2,1-2H3,(H2,29,30)(H,32,35). The molecule has 4 rings (SSSR count). The molecule has 0 saturated heterocycles. The van der Waals surface area contributed by atoms with Crippen molar-refractivity contribution >= 4 is 11.7 Å². The molecule has 9 heteroatoms. The van der Waals surface area contributed by atoms with E-state index in [1.54, 1.807) is 30.6 Å². The van der Waals surface area contributed by atoms with Crippen LogP contribution in [0.3, 0.4) is 0 Å². The number of nitrogens with one attached hydrogen (secondary N) is 1. The van der Waals surface area contributed by atoms with Gasteiger partial charge in [0.1, 0.15) is 17.5 Å². The predicted molar refractivity (Wildman–Crippen MR) is 129 cm³/mol. The van der Waals surface area contributed by atoms with Crippen molar-refractivity contribution in [3.05, 3.63) is 89.9 Å². The van der Waals surface area contributed by atoms with Gasteiger partial charge in [-0.25, -0.2) is 13.8 Å². The third kappa shape index (κ3) is 5.20. The summed E-state index contributed by atoms with van der Waals surface area (Å²) in [4.78, 5) is 16.9. The fraction of sp³-hybridized carbons (Fsp3) is 0.192. The molecule has 4 aromatic rings. The van der Waals surface area contributed by atoms with Gasteiger partial charge in [0, 0.05) is 35.1 Å². The topological polar surface area (TPSA) is 106 Å². The molecular formula is C26H25F2N5O2. The summed E-state index contributed by atoms with van der Waals surface area (Å²) in [5.74, 6) is -1.80. The number of amides is 1. The summed E-state index contributed by atoms with van der Waals surface area (Å²) in [6.45, 7) is 3.56. The van der Waals surface area contributed by atoms with Crippen molar-refractivity contribution in [3.63, 3.8) is 0 Å². The van der Waals surface area contributed by atoms with Crippen LogP contribution in [0.25, 0.3) is 22.3 Å². The molecule has 0 spiro atoms. The van der Waals surface area contributed by atoms with Crippen molar-refractivity contribution in [2.24, 2.45) is 0 Å². The Labute approximate surface area is 201 Å². The summed E-state index contributed by atoms with van der Waals surface area (Å²) in [6, 6.07) is 10.7. The maximum atomic E-state index is 15.0. The van der Waals surface area contributed by atoms with Crippen molar-refractivity contribution in [2.45, 2.75) is 25.9 Å². The highest BCUT2D eigenvalue weighted by atomic mass is 19.1. The average molecular weight is 478 g/mol. The lowest BCUT2D eigenvalue weighted by molar-refractivity contribution is 0.0912. The van der Waals surface area contributed by atoms with E-state index in [0.29, 0.717) is 16.7 Å². The first kappa shape index (κ1) is 24.0. The maximum absolute atomic E-state index is 15.0. The number of hydrogen-bond acceptors (Lipinski definition) is 5. The second-order valence-electron chi connectivity index (χ2n) is 8.42. The number of pyridine rings is 1. The fourth-order valence-electron chi connectivity index (χ4n) is 3.69. The Morgan fingerprint density at radius 3 is 2.54 bits per heavy atom. The van der Waals surface area contributed by atoms with Gasteiger partial charge in [0.25, 0.3) is 5.91 Å². The Morgan fingerprint density at radius 2 is 1.89 bits per heavy atom. The summed E-state index contributed by atoms with van der Waals surface area (Å²) in [5.41, 5.74) is 8.80. The van der Waals surface area contributed by atoms with Gasteiger partial charge in [-0.05, 0) is 55.3 Å². The number of anilines is 1. The number of aliphatic hydroxyl groups excluding tert-OH is 1. The first-order valence-corrected chi connectivity index (χ1v) is 11.0. The Morgan fingerprint density at radius 1 is 1.09 bits per heavy atom. The monoisotopic (exact) mass is 477 g/mol. The van der Waals surface area contributed by atoms with Crippen LogP contribution in [-0.2, 0) is 0 Å². The zero-order chi connectivity index (χ0) is 25.1. The van der Waals surface area contributed by atoms with Crippen LogP contribution in [0.2, 0.25) is 0 Å². The van der Waals surface area contributed by atoms with E-state index in [1.165, 1.54) is 30.3 Å². The number of carbonyl (C=O) groups is 1. The van der Waals surface area contributed by atoms with E-state index in [2.05, 4.69) is 15.4 Å². The first-order chi connectivity index (χ1) is 16.8. The third-order valence-electron chi connectivity index (χ3n) is 5.65. The Bertz CT molecular complexity index is 1370. The molecule has 0 radical (unpaired) electrons. The number of nitrogens with zero attached hydrogens (tertiary/aromatic N) is 3. The zero-order valence-corrected chi connectivity index (χ0v) is 19.2. The largest absolute Gasteiger partial charge is 0.394 e. The van der Waals surface area contributed by atoms with Gasteiger partial charge in [0.2, 0.25) is 0 Å². The normalized spacial score (nSPS) is 12.1. The van der Waals surface area contributed by atoms with Gasteiger partial charge in [-0.3, -0.25) is 9.48 Å². The molecule has 1 amide bonds. The molecule has 2 heterocycles. The number of benzene rings is 2. The lowest BCUT2D eigenvalue weighted by Crippen LogP contribution is -2.31. The number of hydrogen-bond donors (Lipinski definition) is 3. The van der Waals surface area contributed by atoms with Gasteiger partial charge in [-0.1, -0.05) is 18.2 Å². The molecule has 0 fully saturated rings. The molecule has 1 unspecified atom stereocenters.